The van der Waals surface area contributed by atoms with E-state index in [0.717, 1.165) is 5.82 Å². The highest BCUT2D eigenvalue weighted by atomic mass is 35.5. The number of nitrogen functional groups attached to an aromatic ring is 1. The molecule has 5 heteroatoms. The number of halogens is 1. The summed E-state index contributed by atoms with van der Waals surface area (Å²) in [5, 5.41) is 0.468. The number of hydrogen-bond donors (Lipinski definition) is 1. The number of anilines is 2. The third kappa shape index (κ3) is 2.21. The third-order valence-electron chi connectivity index (χ3n) is 3.25. The molecule has 0 atom stereocenters. The van der Waals surface area contributed by atoms with Gasteiger partial charge < -0.3 is 10.6 Å². The summed E-state index contributed by atoms with van der Waals surface area (Å²) in [6, 6.07) is 0.528. The van der Waals surface area contributed by atoms with Gasteiger partial charge in [-0.25, -0.2) is 9.97 Å². The maximum absolute atomic E-state index is 6.12. The summed E-state index contributed by atoms with van der Waals surface area (Å²) in [5.41, 5.74) is 5.68. The molecule has 1 aromatic heterocycles. The van der Waals surface area contributed by atoms with Crippen LogP contribution in [0.5, 0.6) is 0 Å². The number of hydrogen-bond acceptors (Lipinski definition) is 4. The molecule has 0 amide bonds. The van der Waals surface area contributed by atoms with Crippen LogP contribution in [0.15, 0.2) is 6.33 Å². The molecule has 1 heterocycles. The largest absolute Gasteiger partial charge is 0.382 e. The topological polar surface area (TPSA) is 55.0 Å². The zero-order valence-electron chi connectivity index (χ0n) is 9.49. The van der Waals surface area contributed by atoms with Crippen molar-refractivity contribution < 1.29 is 0 Å². The summed E-state index contributed by atoms with van der Waals surface area (Å²) >= 11 is 6.12. The van der Waals surface area contributed by atoms with Crippen molar-refractivity contribution in [3.8, 4) is 0 Å². The summed E-state index contributed by atoms with van der Waals surface area (Å²) in [6.07, 6.45) is 7.79. The second-order valence-electron chi connectivity index (χ2n) is 4.30. The van der Waals surface area contributed by atoms with Gasteiger partial charge in [-0.05, 0) is 12.8 Å². The lowest BCUT2D eigenvalue weighted by atomic mass is 9.94. The van der Waals surface area contributed by atoms with Gasteiger partial charge in [0.1, 0.15) is 17.2 Å². The minimum absolute atomic E-state index is 0.356. The molecule has 0 aromatic carbocycles. The fraction of sp³-hybridized carbons (Fsp3) is 0.636. The molecule has 1 saturated carbocycles. The Kier molecular flexibility index (Phi) is 3.49. The molecular formula is C11H17ClN4. The summed E-state index contributed by atoms with van der Waals surface area (Å²) in [5.74, 6) is 1.11. The number of aromatic nitrogens is 2. The Balaban J connectivity index is 2.19. The SMILES string of the molecule is CN(c1ncnc(N)c1Cl)C1CCCCC1. The Labute approximate surface area is 101 Å². The van der Waals surface area contributed by atoms with Gasteiger partial charge in [-0.15, -0.1) is 0 Å². The molecule has 1 aliphatic carbocycles. The molecule has 0 bridgehead atoms. The molecule has 0 saturated heterocycles. The summed E-state index contributed by atoms with van der Waals surface area (Å²) in [7, 11) is 2.03. The van der Waals surface area contributed by atoms with Gasteiger partial charge in [0.25, 0.3) is 0 Å². The molecule has 4 nitrogen and oxygen atoms in total. The molecule has 0 aliphatic heterocycles. The van der Waals surface area contributed by atoms with Crippen LogP contribution in [0.2, 0.25) is 5.02 Å². The molecule has 2 rings (SSSR count). The average molecular weight is 241 g/mol. The first-order valence-corrected chi connectivity index (χ1v) is 6.06. The molecular weight excluding hydrogens is 224 g/mol. The number of rotatable bonds is 2. The second kappa shape index (κ2) is 4.87. The zero-order valence-corrected chi connectivity index (χ0v) is 10.2. The van der Waals surface area contributed by atoms with Crippen LogP contribution in [-0.2, 0) is 0 Å². The minimum Gasteiger partial charge on any atom is -0.382 e. The second-order valence-corrected chi connectivity index (χ2v) is 4.68. The van der Waals surface area contributed by atoms with Gasteiger partial charge in [0.05, 0.1) is 0 Å². The van der Waals surface area contributed by atoms with Crippen molar-refractivity contribution in [1.29, 1.82) is 0 Å². The van der Waals surface area contributed by atoms with Crippen molar-refractivity contribution in [2.24, 2.45) is 0 Å². The lowest BCUT2D eigenvalue weighted by Crippen LogP contribution is -2.34. The maximum Gasteiger partial charge on any atom is 0.153 e. The van der Waals surface area contributed by atoms with Crippen molar-refractivity contribution >= 4 is 23.2 Å². The monoisotopic (exact) mass is 240 g/mol. The Hall–Kier alpha value is -1.03. The Bertz CT molecular complexity index is 363. The van der Waals surface area contributed by atoms with Gasteiger partial charge >= 0.3 is 0 Å². The first-order valence-electron chi connectivity index (χ1n) is 5.69. The molecule has 16 heavy (non-hydrogen) atoms. The molecule has 0 spiro atoms. The van der Waals surface area contributed by atoms with Crippen LogP contribution in [0.25, 0.3) is 0 Å². The number of nitrogens with zero attached hydrogens (tertiary/aromatic N) is 3. The van der Waals surface area contributed by atoms with Crippen LogP contribution >= 0.6 is 11.6 Å². The van der Waals surface area contributed by atoms with Crippen molar-refractivity contribution in [2.45, 2.75) is 38.1 Å². The van der Waals surface area contributed by atoms with E-state index in [9.17, 15) is 0 Å². The molecule has 88 valence electrons. The van der Waals surface area contributed by atoms with Gasteiger partial charge in [0.15, 0.2) is 5.82 Å². The standard InChI is InChI=1S/C11H17ClN4/c1-16(8-5-3-2-4-6-8)11-9(12)10(13)14-7-15-11/h7-8H,2-6H2,1H3,(H2,13,14,15). The maximum atomic E-state index is 6.12. The molecule has 2 N–H and O–H groups in total. The Morgan fingerprint density at radius 1 is 1.31 bits per heavy atom. The van der Waals surface area contributed by atoms with E-state index < -0.39 is 0 Å². The average Bonchev–Trinajstić information content (AvgIpc) is 2.33. The summed E-state index contributed by atoms with van der Waals surface area (Å²) < 4.78 is 0. The van der Waals surface area contributed by atoms with E-state index in [0.29, 0.717) is 16.9 Å². The van der Waals surface area contributed by atoms with Gasteiger partial charge in [-0.3, -0.25) is 0 Å². The molecule has 1 aromatic rings. The van der Waals surface area contributed by atoms with Crippen LogP contribution in [0.3, 0.4) is 0 Å². The summed E-state index contributed by atoms with van der Waals surface area (Å²) in [6.45, 7) is 0. The van der Waals surface area contributed by atoms with Gasteiger partial charge in [0, 0.05) is 13.1 Å². The van der Waals surface area contributed by atoms with Gasteiger partial charge in [0.2, 0.25) is 0 Å². The van der Waals surface area contributed by atoms with E-state index in [1.54, 1.807) is 0 Å². The van der Waals surface area contributed by atoms with Crippen molar-refractivity contribution in [2.75, 3.05) is 17.7 Å². The van der Waals surface area contributed by atoms with Crippen molar-refractivity contribution in [1.82, 2.24) is 9.97 Å². The third-order valence-corrected chi connectivity index (χ3v) is 3.62. The molecule has 0 unspecified atom stereocenters. The molecule has 1 fully saturated rings. The van der Waals surface area contributed by atoms with E-state index in [-0.39, 0.29) is 0 Å². The highest BCUT2D eigenvalue weighted by molar-refractivity contribution is 6.35. The lowest BCUT2D eigenvalue weighted by molar-refractivity contribution is 0.426. The van der Waals surface area contributed by atoms with Crippen LogP contribution in [0, 0.1) is 0 Å². The quantitative estimate of drug-likeness (QED) is 0.863. The van der Waals surface area contributed by atoms with E-state index in [1.165, 1.54) is 38.4 Å². The van der Waals surface area contributed by atoms with E-state index in [4.69, 9.17) is 17.3 Å². The van der Waals surface area contributed by atoms with Crippen LogP contribution in [-0.4, -0.2) is 23.1 Å². The Morgan fingerprint density at radius 3 is 2.69 bits per heavy atom. The highest BCUT2D eigenvalue weighted by Gasteiger charge is 2.21. The fourth-order valence-electron chi connectivity index (χ4n) is 2.26. The predicted molar refractivity (Wildman–Crippen MR) is 66.7 cm³/mol. The smallest absolute Gasteiger partial charge is 0.153 e. The zero-order chi connectivity index (χ0) is 11.5. The van der Waals surface area contributed by atoms with Crippen LogP contribution in [0.4, 0.5) is 11.6 Å². The Morgan fingerprint density at radius 2 is 2.00 bits per heavy atom. The molecule has 0 radical (unpaired) electrons. The molecule has 1 aliphatic rings. The highest BCUT2D eigenvalue weighted by Crippen LogP contribution is 2.31. The first-order chi connectivity index (χ1) is 7.70. The normalized spacial score (nSPS) is 17.4. The van der Waals surface area contributed by atoms with E-state index in [2.05, 4.69) is 14.9 Å². The minimum atomic E-state index is 0.356. The van der Waals surface area contributed by atoms with Crippen LogP contribution < -0.4 is 10.6 Å². The fourth-order valence-corrected chi connectivity index (χ4v) is 2.49. The lowest BCUT2D eigenvalue weighted by Gasteiger charge is -2.32. The van der Waals surface area contributed by atoms with Gasteiger partial charge in [-0.2, -0.15) is 0 Å². The predicted octanol–water partition coefficient (Wildman–Crippen LogP) is 2.48. The van der Waals surface area contributed by atoms with Crippen molar-refractivity contribution in [3.63, 3.8) is 0 Å². The first kappa shape index (κ1) is 11.5. The van der Waals surface area contributed by atoms with Gasteiger partial charge in [-0.1, -0.05) is 30.9 Å². The van der Waals surface area contributed by atoms with Crippen molar-refractivity contribution in [3.05, 3.63) is 11.3 Å². The van der Waals surface area contributed by atoms with E-state index >= 15 is 0 Å². The summed E-state index contributed by atoms with van der Waals surface area (Å²) in [4.78, 5) is 10.2. The van der Waals surface area contributed by atoms with Crippen LogP contribution in [0.1, 0.15) is 32.1 Å². The number of nitrogens with two attached hydrogens (primary N) is 1. The van der Waals surface area contributed by atoms with E-state index in [1.807, 2.05) is 7.05 Å².